The maximum atomic E-state index is 6.07. The molecule has 9 rings (SSSR count). The minimum absolute atomic E-state index is 0.846. The van der Waals surface area contributed by atoms with Crippen molar-refractivity contribution in [3.05, 3.63) is 94.6 Å². The van der Waals surface area contributed by atoms with Gasteiger partial charge in [0.15, 0.2) is 0 Å². The van der Waals surface area contributed by atoms with E-state index in [0.29, 0.717) is 0 Å². The second-order valence-corrected chi connectivity index (χ2v) is 15.2. The smallest absolute Gasteiger partial charge is 0.0993 e. The Morgan fingerprint density at radius 1 is 0.452 bits per heavy atom. The predicted molar refractivity (Wildman–Crippen MR) is 185 cm³/mol. The third-order valence-electron chi connectivity index (χ3n) is 8.22. The fourth-order valence-corrected chi connectivity index (χ4v) is 10.9. The SMILES string of the molecule is Cc1ccc2sc(-c3cc4/c(=N/N)c5cc6c(cc5c4s3)/c(=N\N)c3cc(-c4cc5cc(C)ccc5s4)sc36)cc2c1. The van der Waals surface area contributed by atoms with E-state index in [9.17, 15) is 0 Å². The van der Waals surface area contributed by atoms with Crippen molar-refractivity contribution in [3.8, 4) is 19.5 Å². The zero-order valence-electron chi connectivity index (χ0n) is 22.6. The van der Waals surface area contributed by atoms with Crippen molar-refractivity contribution in [2.24, 2.45) is 21.9 Å². The van der Waals surface area contributed by atoms with Gasteiger partial charge in [0, 0.05) is 70.6 Å². The first-order chi connectivity index (χ1) is 20.5. The van der Waals surface area contributed by atoms with Crippen LogP contribution < -0.4 is 22.4 Å². The first-order valence-corrected chi connectivity index (χ1v) is 16.8. The lowest BCUT2D eigenvalue weighted by molar-refractivity contribution is 1.17. The van der Waals surface area contributed by atoms with Gasteiger partial charge in [-0.05, 0) is 73.2 Å². The zero-order chi connectivity index (χ0) is 28.3. The van der Waals surface area contributed by atoms with E-state index in [2.05, 4.69) is 96.8 Å². The molecular weight excluding hydrogens is 593 g/mol. The lowest BCUT2D eigenvalue weighted by atomic mass is 10.1. The lowest BCUT2D eigenvalue weighted by Crippen LogP contribution is -2.04. The van der Waals surface area contributed by atoms with Gasteiger partial charge < -0.3 is 11.7 Å². The maximum absolute atomic E-state index is 6.07. The molecule has 0 unspecified atom stereocenters. The van der Waals surface area contributed by atoms with E-state index in [-0.39, 0.29) is 0 Å². The third kappa shape index (κ3) is 3.38. The van der Waals surface area contributed by atoms with Crippen molar-refractivity contribution in [2.75, 3.05) is 0 Å². The first-order valence-electron chi connectivity index (χ1n) is 13.5. The molecule has 8 heteroatoms. The van der Waals surface area contributed by atoms with Crippen LogP contribution in [0.4, 0.5) is 0 Å². The molecular formula is C34H22N4S4. The van der Waals surface area contributed by atoms with Crippen molar-refractivity contribution < 1.29 is 0 Å². The Kier molecular flexibility index (Phi) is 5.09. The van der Waals surface area contributed by atoms with E-state index in [1.165, 1.54) is 60.2 Å². The highest BCUT2D eigenvalue weighted by Gasteiger charge is 2.20. The van der Waals surface area contributed by atoms with Gasteiger partial charge in [-0.1, -0.05) is 35.4 Å². The Morgan fingerprint density at radius 2 is 0.881 bits per heavy atom. The molecule has 0 aliphatic carbocycles. The molecule has 42 heavy (non-hydrogen) atoms. The van der Waals surface area contributed by atoms with Crippen LogP contribution >= 0.6 is 45.3 Å². The Balaban J connectivity index is 1.26. The molecule has 0 radical (unpaired) electrons. The quantitative estimate of drug-likeness (QED) is 0.150. The van der Waals surface area contributed by atoms with Gasteiger partial charge in [-0.15, -0.1) is 45.3 Å². The van der Waals surface area contributed by atoms with E-state index < -0.39 is 0 Å². The summed E-state index contributed by atoms with van der Waals surface area (Å²) in [5, 5.41) is 19.5. The predicted octanol–water partition coefficient (Wildman–Crippen LogP) is 9.23. The van der Waals surface area contributed by atoms with Crippen LogP contribution in [0, 0.1) is 13.8 Å². The number of hydrogen-bond donors (Lipinski definition) is 2. The highest BCUT2D eigenvalue weighted by atomic mass is 32.1. The number of rotatable bonds is 2. The fraction of sp³-hybridized carbons (Fsp3) is 0.0588. The lowest BCUT2D eigenvalue weighted by Gasteiger charge is -1.96. The molecule has 0 saturated carbocycles. The molecule has 0 bridgehead atoms. The maximum Gasteiger partial charge on any atom is 0.0993 e. The van der Waals surface area contributed by atoms with Crippen molar-refractivity contribution in [1.82, 2.24) is 0 Å². The van der Waals surface area contributed by atoms with Crippen LogP contribution in [0.2, 0.25) is 0 Å². The van der Waals surface area contributed by atoms with Gasteiger partial charge in [-0.2, -0.15) is 10.2 Å². The first kappa shape index (κ1) is 24.5. The molecule has 4 nitrogen and oxygen atoms in total. The second-order valence-electron chi connectivity index (χ2n) is 10.9. The van der Waals surface area contributed by atoms with E-state index in [1.54, 1.807) is 22.7 Å². The molecule has 0 saturated heterocycles. The second kappa shape index (κ2) is 8.72. The molecule has 4 N–H and O–H groups in total. The summed E-state index contributed by atoms with van der Waals surface area (Å²) in [5.41, 5.74) is 2.55. The summed E-state index contributed by atoms with van der Waals surface area (Å²) in [7, 11) is 0. The molecule has 0 aliphatic rings. The minimum atomic E-state index is 0.846. The summed E-state index contributed by atoms with van der Waals surface area (Å²) < 4.78 is 5.01. The Bertz CT molecular complexity index is 2500. The van der Waals surface area contributed by atoms with Gasteiger partial charge in [-0.3, -0.25) is 0 Å². The average molecular weight is 615 g/mol. The number of hydrogen-bond acceptors (Lipinski definition) is 8. The van der Waals surface area contributed by atoms with Gasteiger partial charge >= 0.3 is 0 Å². The summed E-state index contributed by atoms with van der Waals surface area (Å²) in [5.74, 6) is 12.1. The third-order valence-corrected chi connectivity index (χ3v) is 13.2. The van der Waals surface area contributed by atoms with Crippen LogP contribution in [0.1, 0.15) is 11.1 Å². The number of aryl methyl sites for hydroxylation is 2. The molecule has 9 aromatic rings. The molecule has 0 amide bonds. The number of thiophene rings is 4. The molecule has 0 spiro atoms. The highest BCUT2D eigenvalue weighted by Crippen LogP contribution is 2.45. The Hall–Kier alpha value is -4.08. The van der Waals surface area contributed by atoms with Crippen LogP contribution in [0.3, 0.4) is 0 Å². The van der Waals surface area contributed by atoms with Gasteiger partial charge in [0.2, 0.25) is 0 Å². The van der Waals surface area contributed by atoms with E-state index >= 15 is 0 Å². The van der Waals surface area contributed by atoms with Gasteiger partial charge in [-0.25, -0.2) is 0 Å². The topological polar surface area (TPSA) is 76.8 Å². The molecule has 4 heterocycles. The molecule has 0 aliphatic heterocycles. The number of fused-ring (bicyclic) bond motifs is 8. The summed E-state index contributed by atoms with van der Waals surface area (Å²) >= 11 is 7.27. The molecule has 0 atom stereocenters. The minimum Gasteiger partial charge on any atom is -0.323 e. The monoisotopic (exact) mass is 614 g/mol. The Labute approximate surface area is 255 Å². The van der Waals surface area contributed by atoms with Gasteiger partial charge in [0.05, 0.1) is 10.7 Å². The van der Waals surface area contributed by atoms with E-state index in [4.69, 9.17) is 11.7 Å². The van der Waals surface area contributed by atoms with Crippen LogP contribution in [0.15, 0.2) is 83.0 Å². The van der Waals surface area contributed by atoms with Gasteiger partial charge in [0.1, 0.15) is 0 Å². The zero-order valence-corrected chi connectivity index (χ0v) is 25.9. The van der Waals surface area contributed by atoms with Crippen molar-refractivity contribution >= 4 is 107 Å². The molecule has 0 fully saturated rings. The fourth-order valence-electron chi connectivity index (χ4n) is 6.28. The van der Waals surface area contributed by atoms with Crippen molar-refractivity contribution in [2.45, 2.75) is 13.8 Å². The van der Waals surface area contributed by atoms with E-state index in [0.717, 1.165) is 43.0 Å². The largest absolute Gasteiger partial charge is 0.323 e. The molecule has 5 aromatic carbocycles. The summed E-state index contributed by atoms with van der Waals surface area (Å²) in [4.78, 5) is 5.01. The summed E-state index contributed by atoms with van der Waals surface area (Å²) in [6, 6.07) is 26.9. The highest BCUT2D eigenvalue weighted by molar-refractivity contribution is 7.29. The Morgan fingerprint density at radius 3 is 1.31 bits per heavy atom. The summed E-state index contributed by atoms with van der Waals surface area (Å²) in [6.07, 6.45) is 0. The van der Waals surface area contributed by atoms with Crippen LogP contribution in [-0.2, 0) is 0 Å². The van der Waals surface area contributed by atoms with Crippen LogP contribution in [-0.4, -0.2) is 0 Å². The van der Waals surface area contributed by atoms with Crippen molar-refractivity contribution in [1.29, 1.82) is 0 Å². The van der Waals surface area contributed by atoms with Crippen molar-refractivity contribution in [3.63, 3.8) is 0 Å². The normalized spacial score (nSPS) is 13.5. The molecule has 202 valence electrons. The number of benzene rings is 3. The molecule has 4 aromatic heterocycles. The standard InChI is InChI=1S/C34H22N4S4/c1-15-3-5-25-17(7-15)9-27(39-25)29-13-23-31(37-35)19-12-22-20(11-21(19)33(23)41-29)32(38-36)24-14-30(42-34(22)24)28-10-18-8-16(2)4-6-26(18)40-28/h3-14H,35-36H2,1-2H3/b37-31+,38-32+. The van der Waals surface area contributed by atoms with E-state index in [1.807, 2.05) is 22.7 Å². The summed E-state index contributed by atoms with van der Waals surface area (Å²) in [6.45, 7) is 4.28. The van der Waals surface area contributed by atoms with Gasteiger partial charge in [0.25, 0.3) is 0 Å². The van der Waals surface area contributed by atoms with Crippen LogP contribution in [0.5, 0.6) is 0 Å². The number of nitrogens with zero attached hydrogens (tertiary/aromatic N) is 2. The van der Waals surface area contributed by atoms with Crippen LogP contribution in [0.25, 0.3) is 81.4 Å². The number of nitrogens with two attached hydrogens (primary N) is 2. The average Bonchev–Trinajstić information content (AvgIpc) is 3.80.